The second-order valence-corrected chi connectivity index (χ2v) is 5.84. The van der Waals surface area contributed by atoms with Crippen molar-refractivity contribution in [1.82, 2.24) is 4.90 Å². The van der Waals surface area contributed by atoms with E-state index in [4.69, 9.17) is 0 Å². The molecular weight excluding hydrogens is 266 g/mol. The van der Waals surface area contributed by atoms with Crippen LogP contribution in [0.3, 0.4) is 0 Å². The Labute approximate surface area is 125 Å². The molecule has 0 spiro atoms. The maximum atomic E-state index is 12.6. The van der Waals surface area contributed by atoms with E-state index in [1.807, 2.05) is 38.1 Å². The summed E-state index contributed by atoms with van der Waals surface area (Å²) >= 11 is 0. The van der Waals surface area contributed by atoms with Crippen molar-refractivity contribution in [2.24, 2.45) is 0 Å². The number of amides is 1. The van der Waals surface area contributed by atoms with Gasteiger partial charge in [-0.25, -0.2) is 4.79 Å². The third kappa shape index (κ3) is 2.94. The highest BCUT2D eigenvalue weighted by Gasteiger charge is 2.48. The van der Waals surface area contributed by atoms with Gasteiger partial charge in [-0.2, -0.15) is 0 Å². The second kappa shape index (κ2) is 6.29. The Bertz CT molecular complexity index is 541. The Kier molecular flexibility index (Phi) is 4.66. The summed E-state index contributed by atoms with van der Waals surface area (Å²) in [6.45, 7) is 4.49. The van der Waals surface area contributed by atoms with Gasteiger partial charge < -0.3 is 10.0 Å². The van der Waals surface area contributed by atoms with Crippen LogP contribution in [-0.2, 0) is 16.0 Å². The third-order valence-electron chi connectivity index (χ3n) is 4.45. The highest BCUT2D eigenvalue weighted by molar-refractivity contribution is 5.88. The summed E-state index contributed by atoms with van der Waals surface area (Å²) in [5.74, 6) is -0.933. The first-order chi connectivity index (χ1) is 10.0. The van der Waals surface area contributed by atoms with Crippen molar-refractivity contribution >= 4 is 11.9 Å². The van der Waals surface area contributed by atoms with Gasteiger partial charge in [-0.3, -0.25) is 4.79 Å². The fourth-order valence-electron chi connectivity index (χ4n) is 3.31. The number of carbonyl (C=O) groups excluding carboxylic acids is 1. The normalized spacial score (nSPS) is 21.5. The van der Waals surface area contributed by atoms with Gasteiger partial charge in [0, 0.05) is 6.54 Å². The fraction of sp³-hybridized carbons (Fsp3) is 0.529. The number of carboxylic acid groups (broad SMARTS) is 1. The van der Waals surface area contributed by atoms with E-state index in [9.17, 15) is 14.7 Å². The molecule has 0 bridgehead atoms. The van der Waals surface area contributed by atoms with Crippen LogP contribution in [0.1, 0.15) is 43.7 Å². The van der Waals surface area contributed by atoms with Crippen molar-refractivity contribution in [2.45, 2.75) is 51.5 Å². The predicted molar refractivity (Wildman–Crippen MR) is 81.1 cm³/mol. The van der Waals surface area contributed by atoms with Crippen LogP contribution in [-0.4, -0.2) is 34.0 Å². The van der Waals surface area contributed by atoms with Gasteiger partial charge in [-0.1, -0.05) is 37.6 Å². The molecule has 4 heteroatoms. The topological polar surface area (TPSA) is 57.6 Å². The zero-order valence-electron chi connectivity index (χ0n) is 12.8. The maximum absolute atomic E-state index is 12.6. The zero-order valence-corrected chi connectivity index (χ0v) is 12.8. The molecule has 1 saturated heterocycles. The summed E-state index contributed by atoms with van der Waals surface area (Å²) in [6.07, 6.45) is 2.91. The van der Waals surface area contributed by atoms with Crippen molar-refractivity contribution in [3.8, 4) is 0 Å². The SMILES string of the molecule is CCCC1(C(=O)O)CCCN1C(=O)Cc1ccccc1C. The fourth-order valence-corrected chi connectivity index (χ4v) is 3.31. The average molecular weight is 289 g/mol. The highest BCUT2D eigenvalue weighted by atomic mass is 16.4. The van der Waals surface area contributed by atoms with Crippen molar-refractivity contribution in [3.05, 3.63) is 35.4 Å². The monoisotopic (exact) mass is 289 g/mol. The van der Waals surface area contributed by atoms with E-state index >= 15 is 0 Å². The third-order valence-corrected chi connectivity index (χ3v) is 4.45. The molecular formula is C17H23NO3. The van der Waals surface area contributed by atoms with Gasteiger partial charge in [0.25, 0.3) is 0 Å². The molecule has 4 nitrogen and oxygen atoms in total. The molecule has 0 saturated carbocycles. The van der Waals surface area contributed by atoms with E-state index in [0.717, 1.165) is 24.0 Å². The number of carboxylic acids is 1. The summed E-state index contributed by atoms with van der Waals surface area (Å²) in [7, 11) is 0. The minimum Gasteiger partial charge on any atom is -0.479 e. The van der Waals surface area contributed by atoms with E-state index in [1.165, 1.54) is 0 Å². The zero-order chi connectivity index (χ0) is 15.5. The molecule has 0 aliphatic carbocycles. The lowest BCUT2D eigenvalue weighted by Crippen LogP contribution is -2.53. The number of hydrogen-bond acceptors (Lipinski definition) is 2. The lowest BCUT2D eigenvalue weighted by Gasteiger charge is -2.35. The lowest BCUT2D eigenvalue weighted by atomic mass is 9.90. The Morgan fingerprint density at radius 1 is 1.33 bits per heavy atom. The molecule has 1 unspecified atom stereocenters. The Balaban J connectivity index is 2.21. The highest BCUT2D eigenvalue weighted by Crippen LogP contribution is 2.34. The van der Waals surface area contributed by atoms with Crippen LogP contribution in [0.15, 0.2) is 24.3 Å². The summed E-state index contributed by atoms with van der Waals surface area (Å²) in [6, 6.07) is 7.77. The first kappa shape index (κ1) is 15.5. The number of benzene rings is 1. The molecule has 0 radical (unpaired) electrons. The van der Waals surface area contributed by atoms with Crippen LogP contribution >= 0.6 is 0 Å². The molecule has 1 heterocycles. The number of aryl methyl sites for hydroxylation is 1. The van der Waals surface area contributed by atoms with E-state index in [0.29, 0.717) is 19.4 Å². The number of nitrogens with zero attached hydrogens (tertiary/aromatic N) is 1. The number of rotatable bonds is 5. The molecule has 1 amide bonds. The molecule has 0 aromatic heterocycles. The maximum Gasteiger partial charge on any atom is 0.329 e. The molecule has 114 valence electrons. The minimum atomic E-state index is -0.992. The number of hydrogen-bond donors (Lipinski definition) is 1. The number of aliphatic carboxylic acids is 1. The van der Waals surface area contributed by atoms with Gasteiger partial charge in [0.1, 0.15) is 5.54 Å². The van der Waals surface area contributed by atoms with Crippen molar-refractivity contribution in [1.29, 1.82) is 0 Å². The average Bonchev–Trinajstić information content (AvgIpc) is 2.87. The van der Waals surface area contributed by atoms with Crippen LogP contribution in [0.25, 0.3) is 0 Å². The van der Waals surface area contributed by atoms with Gasteiger partial charge in [0.15, 0.2) is 0 Å². The second-order valence-electron chi connectivity index (χ2n) is 5.84. The summed E-state index contributed by atoms with van der Waals surface area (Å²) in [5.41, 5.74) is 1.06. The number of likely N-dealkylation sites (tertiary alicyclic amines) is 1. The van der Waals surface area contributed by atoms with E-state index in [2.05, 4.69) is 0 Å². The Morgan fingerprint density at radius 3 is 2.67 bits per heavy atom. The van der Waals surface area contributed by atoms with E-state index < -0.39 is 11.5 Å². The first-order valence-electron chi connectivity index (χ1n) is 7.59. The standard InChI is InChI=1S/C17H23NO3/c1-3-9-17(16(20)21)10-6-11-18(17)15(19)12-14-8-5-4-7-13(14)2/h4-5,7-8H,3,6,9-12H2,1-2H3,(H,20,21). The Morgan fingerprint density at radius 2 is 2.05 bits per heavy atom. The van der Waals surface area contributed by atoms with Gasteiger partial charge >= 0.3 is 5.97 Å². The number of carbonyl (C=O) groups is 2. The van der Waals surface area contributed by atoms with Crippen LogP contribution in [0.4, 0.5) is 0 Å². The smallest absolute Gasteiger partial charge is 0.329 e. The van der Waals surface area contributed by atoms with Crippen molar-refractivity contribution < 1.29 is 14.7 Å². The molecule has 1 atom stereocenters. The lowest BCUT2D eigenvalue weighted by molar-refractivity contribution is -0.156. The molecule has 1 fully saturated rings. The molecule has 1 aliphatic heterocycles. The van der Waals surface area contributed by atoms with Crippen molar-refractivity contribution in [2.75, 3.05) is 6.54 Å². The molecule has 2 rings (SSSR count). The van der Waals surface area contributed by atoms with Crippen LogP contribution in [0, 0.1) is 6.92 Å². The van der Waals surface area contributed by atoms with Gasteiger partial charge in [-0.05, 0) is 37.3 Å². The summed E-state index contributed by atoms with van der Waals surface area (Å²) < 4.78 is 0. The van der Waals surface area contributed by atoms with E-state index in [1.54, 1.807) is 4.90 Å². The largest absolute Gasteiger partial charge is 0.479 e. The predicted octanol–water partition coefficient (Wildman–Crippen LogP) is 2.78. The van der Waals surface area contributed by atoms with Gasteiger partial charge in [0.2, 0.25) is 5.91 Å². The van der Waals surface area contributed by atoms with E-state index in [-0.39, 0.29) is 12.3 Å². The molecule has 1 aromatic carbocycles. The Hall–Kier alpha value is -1.84. The van der Waals surface area contributed by atoms with Gasteiger partial charge in [0.05, 0.1) is 6.42 Å². The van der Waals surface area contributed by atoms with Crippen LogP contribution in [0.5, 0.6) is 0 Å². The van der Waals surface area contributed by atoms with Gasteiger partial charge in [-0.15, -0.1) is 0 Å². The molecule has 1 aliphatic rings. The quantitative estimate of drug-likeness (QED) is 0.906. The minimum absolute atomic E-state index is 0.0716. The summed E-state index contributed by atoms with van der Waals surface area (Å²) in [4.78, 5) is 26.0. The molecule has 21 heavy (non-hydrogen) atoms. The molecule has 1 N–H and O–H groups in total. The summed E-state index contributed by atoms with van der Waals surface area (Å²) in [5, 5.41) is 9.64. The van der Waals surface area contributed by atoms with Crippen LogP contribution < -0.4 is 0 Å². The molecule has 1 aromatic rings. The van der Waals surface area contributed by atoms with Crippen LogP contribution in [0.2, 0.25) is 0 Å². The first-order valence-corrected chi connectivity index (χ1v) is 7.59. The van der Waals surface area contributed by atoms with Crippen molar-refractivity contribution in [3.63, 3.8) is 0 Å².